The summed E-state index contributed by atoms with van der Waals surface area (Å²) in [6.07, 6.45) is 1.21. The fraction of sp³-hybridized carbons (Fsp3) is 0.600. The van der Waals surface area contributed by atoms with Gasteiger partial charge in [-0.25, -0.2) is 0 Å². The number of benzene rings is 1. The van der Waals surface area contributed by atoms with Crippen LogP contribution in [-0.4, -0.2) is 36.0 Å². The van der Waals surface area contributed by atoms with Crippen LogP contribution >= 0.6 is 0 Å². The average molecular weight is 267 g/mol. The lowest BCUT2D eigenvalue weighted by Gasteiger charge is -2.23. The van der Waals surface area contributed by atoms with Gasteiger partial charge in [0.1, 0.15) is 5.75 Å². The summed E-state index contributed by atoms with van der Waals surface area (Å²) >= 11 is 0. The van der Waals surface area contributed by atoms with E-state index in [2.05, 4.69) is 12.2 Å². The van der Waals surface area contributed by atoms with Gasteiger partial charge in [0, 0.05) is 12.6 Å². The predicted octanol–water partition coefficient (Wildman–Crippen LogP) is 1.87. The van der Waals surface area contributed by atoms with Gasteiger partial charge in [0.2, 0.25) is 0 Å². The maximum atomic E-state index is 10.3. The highest BCUT2D eigenvalue weighted by Crippen LogP contribution is 2.21. The van der Waals surface area contributed by atoms with Gasteiger partial charge in [-0.2, -0.15) is 0 Å². The van der Waals surface area contributed by atoms with Crippen molar-refractivity contribution in [2.24, 2.45) is 0 Å². The topological polar surface area (TPSA) is 61.7 Å². The number of nitrogens with one attached hydrogen (secondary N) is 1. The van der Waals surface area contributed by atoms with E-state index in [0.717, 1.165) is 24.2 Å². The molecule has 0 heterocycles. The molecule has 0 saturated heterocycles. The first-order valence-corrected chi connectivity index (χ1v) is 6.98. The van der Waals surface area contributed by atoms with Crippen molar-refractivity contribution in [2.45, 2.75) is 38.8 Å². The second-order valence-corrected chi connectivity index (χ2v) is 4.55. The second kappa shape index (κ2) is 8.91. The number of hydrogen-bond donors (Lipinski definition) is 3. The van der Waals surface area contributed by atoms with Gasteiger partial charge < -0.3 is 20.3 Å². The van der Waals surface area contributed by atoms with Crippen LogP contribution in [0.5, 0.6) is 5.75 Å². The molecule has 1 aromatic rings. The standard InChI is InChI=1S/C15H25NO3/c1-3-11-19-13-7-5-12(6-8-13)15(18)14(4-2)16-9-10-17/h5-8,14-18H,3-4,9-11H2,1-2H3. The maximum Gasteiger partial charge on any atom is 0.119 e. The number of rotatable bonds is 9. The quantitative estimate of drug-likeness (QED) is 0.639. The van der Waals surface area contributed by atoms with Crippen LogP contribution in [0.25, 0.3) is 0 Å². The largest absolute Gasteiger partial charge is 0.494 e. The Kier molecular flexibility index (Phi) is 7.48. The van der Waals surface area contributed by atoms with Crippen molar-refractivity contribution in [1.29, 1.82) is 0 Å². The predicted molar refractivity (Wildman–Crippen MR) is 76.4 cm³/mol. The van der Waals surface area contributed by atoms with Crippen molar-refractivity contribution < 1.29 is 14.9 Å². The zero-order valence-electron chi connectivity index (χ0n) is 11.8. The molecule has 0 aliphatic rings. The van der Waals surface area contributed by atoms with E-state index in [4.69, 9.17) is 9.84 Å². The molecule has 0 aliphatic carbocycles. The molecular formula is C15H25NO3. The van der Waals surface area contributed by atoms with Crippen LogP contribution in [0.2, 0.25) is 0 Å². The van der Waals surface area contributed by atoms with Gasteiger partial charge in [-0.15, -0.1) is 0 Å². The summed E-state index contributed by atoms with van der Waals surface area (Å²) < 4.78 is 5.51. The molecule has 19 heavy (non-hydrogen) atoms. The molecule has 0 aliphatic heterocycles. The van der Waals surface area contributed by atoms with Crippen LogP contribution in [0, 0.1) is 0 Å². The summed E-state index contributed by atoms with van der Waals surface area (Å²) in [4.78, 5) is 0. The van der Waals surface area contributed by atoms with Gasteiger partial charge in [-0.1, -0.05) is 26.0 Å². The number of aliphatic hydroxyl groups excluding tert-OH is 2. The van der Waals surface area contributed by atoms with E-state index in [1.165, 1.54) is 0 Å². The Morgan fingerprint density at radius 1 is 1.21 bits per heavy atom. The van der Waals surface area contributed by atoms with Crippen LogP contribution < -0.4 is 10.1 Å². The minimum Gasteiger partial charge on any atom is -0.494 e. The van der Waals surface area contributed by atoms with Crippen LogP contribution in [0.15, 0.2) is 24.3 Å². The summed E-state index contributed by atoms with van der Waals surface area (Å²) in [7, 11) is 0. The van der Waals surface area contributed by atoms with Gasteiger partial charge in [0.15, 0.2) is 0 Å². The van der Waals surface area contributed by atoms with E-state index in [9.17, 15) is 5.11 Å². The molecule has 2 unspecified atom stereocenters. The highest BCUT2D eigenvalue weighted by atomic mass is 16.5. The van der Waals surface area contributed by atoms with Crippen LogP contribution in [0.4, 0.5) is 0 Å². The van der Waals surface area contributed by atoms with Crippen molar-refractivity contribution in [1.82, 2.24) is 5.32 Å². The summed E-state index contributed by atoms with van der Waals surface area (Å²) in [5.41, 5.74) is 0.862. The minimum atomic E-state index is -0.572. The van der Waals surface area contributed by atoms with E-state index in [1.807, 2.05) is 31.2 Å². The van der Waals surface area contributed by atoms with Crippen molar-refractivity contribution in [3.05, 3.63) is 29.8 Å². The fourth-order valence-corrected chi connectivity index (χ4v) is 1.94. The molecule has 108 valence electrons. The molecule has 4 heteroatoms. The monoisotopic (exact) mass is 267 g/mol. The van der Waals surface area contributed by atoms with E-state index < -0.39 is 6.10 Å². The zero-order valence-corrected chi connectivity index (χ0v) is 11.8. The molecule has 0 fully saturated rings. The third kappa shape index (κ3) is 5.19. The van der Waals surface area contributed by atoms with E-state index in [1.54, 1.807) is 0 Å². The Morgan fingerprint density at radius 3 is 2.42 bits per heavy atom. The Hall–Kier alpha value is -1.10. The first kappa shape index (κ1) is 16.0. The lowest BCUT2D eigenvalue weighted by atomic mass is 10.0. The van der Waals surface area contributed by atoms with Crippen molar-refractivity contribution in [2.75, 3.05) is 19.8 Å². The number of hydrogen-bond acceptors (Lipinski definition) is 4. The lowest BCUT2D eigenvalue weighted by Crippen LogP contribution is -2.36. The molecule has 1 aromatic carbocycles. The van der Waals surface area contributed by atoms with Gasteiger partial charge in [-0.05, 0) is 30.5 Å². The Labute approximate surface area is 115 Å². The average Bonchev–Trinajstić information content (AvgIpc) is 2.46. The maximum absolute atomic E-state index is 10.3. The van der Waals surface area contributed by atoms with Crippen LogP contribution in [0.1, 0.15) is 38.4 Å². The number of aliphatic hydroxyl groups is 2. The van der Waals surface area contributed by atoms with Crippen molar-refractivity contribution in [3.63, 3.8) is 0 Å². The van der Waals surface area contributed by atoms with Crippen molar-refractivity contribution >= 4 is 0 Å². The van der Waals surface area contributed by atoms with Crippen LogP contribution in [-0.2, 0) is 0 Å². The van der Waals surface area contributed by atoms with Gasteiger partial charge >= 0.3 is 0 Å². The first-order valence-electron chi connectivity index (χ1n) is 6.98. The Morgan fingerprint density at radius 2 is 1.89 bits per heavy atom. The van der Waals surface area contributed by atoms with Crippen molar-refractivity contribution in [3.8, 4) is 5.75 Å². The highest BCUT2D eigenvalue weighted by molar-refractivity contribution is 5.29. The third-order valence-electron chi connectivity index (χ3n) is 3.03. The molecule has 0 bridgehead atoms. The Bertz CT molecular complexity index is 340. The third-order valence-corrected chi connectivity index (χ3v) is 3.03. The molecule has 3 N–H and O–H groups in total. The van der Waals surface area contributed by atoms with E-state index in [-0.39, 0.29) is 12.6 Å². The summed E-state index contributed by atoms with van der Waals surface area (Å²) in [5, 5.41) is 22.2. The molecular weight excluding hydrogens is 242 g/mol. The molecule has 1 rings (SSSR count). The van der Waals surface area contributed by atoms with E-state index >= 15 is 0 Å². The minimum absolute atomic E-state index is 0.0467. The smallest absolute Gasteiger partial charge is 0.119 e. The summed E-state index contributed by atoms with van der Waals surface area (Å²) in [6.45, 7) is 5.35. The molecule has 0 saturated carbocycles. The Balaban J connectivity index is 2.62. The molecule has 0 aromatic heterocycles. The second-order valence-electron chi connectivity index (χ2n) is 4.55. The molecule has 0 radical (unpaired) electrons. The van der Waals surface area contributed by atoms with Gasteiger partial charge in [0.25, 0.3) is 0 Å². The molecule has 0 spiro atoms. The molecule has 2 atom stereocenters. The molecule has 4 nitrogen and oxygen atoms in total. The fourth-order valence-electron chi connectivity index (χ4n) is 1.94. The zero-order chi connectivity index (χ0) is 14.1. The van der Waals surface area contributed by atoms with E-state index in [0.29, 0.717) is 13.2 Å². The van der Waals surface area contributed by atoms with Gasteiger partial charge in [-0.3, -0.25) is 0 Å². The molecule has 0 amide bonds. The van der Waals surface area contributed by atoms with Crippen LogP contribution in [0.3, 0.4) is 0 Å². The lowest BCUT2D eigenvalue weighted by molar-refractivity contribution is 0.122. The normalized spacial score (nSPS) is 14.1. The SMILES string of the molecule is CCCOc1ccc(C(O)C(CC)NCCO)cc1. The number of ether oxygens (including phenoxy) is 1. The summed E-state index contributed by atoms with van der Waals surface area (Å²) in [5.74, 6) is 0.828. The first-order chi connectivity index (χ1) is 9.22. The van der Waals surface area contributed by atoms with Gasteiger partial charge in [0.05, 0.1) is 19.3 Å². The summed E-state index contributed by atoms with van der Waals surface area (Å²) in [6, 6.07) is 7.49. The highest BCUT2D eigenvalue weighted by Gasteiger charge is 2.18.